The first-order valence-electron chi connectivity index (χ1n) is 5.78. The third-order valence-electron chi connectivity index (χ3n) is 2.55. The summed E-state index contributed by atoms with van der Waals surface area (Å²) in [6.07, 6.45) is 1.75. The van der Waals surface area contributed by atoms with Crippen LogP contribution < -0.4 is 5.73 Å². The average Bonchev–Trinajstić information content (AvgIpc) is 2.78. The Morgan fingerprint density at radius 2 is 2.16 bits per heavy atom. The van der Waals surface area contributed by atoms with Gasteiger partial charge in [0.15, 0.2) is 10.7 Å². The number of thioether (sulfide) groups is 1. The lowest BCUT2D eigenvalue weighted by Gasteiger charge is -1.97. The van der Waals surface area contributed by atoms with Gasteiger partial charge in [0.2, 0.25) is 5.89 Å². The number of rotatable bonds is 3. The van der Waals surface area contributed by atoms with Crippen molar-refractivity contribution >= 4 is 28.5 Å². The predicted molar refractivity (Wildman–Crippen MR) is 74.8 cm³/mol. The van der Waals surface area contributed by atoms with Crippen molar-refractivity contribution in [1.82, 2.24) is 15.0 Å². The molecule has 1 aromatic carbocycles. The van der Waals surface area contributed by atoms with Gasteiger partial charge < -0.3 is 10.2 Å². The van der Waals surface area contributed by atoms with Crippen LogP contribution in [0.3, 0.4) is 0 Å². The number of benzene rings is 1. The third kappa shape index (κ3) is 2.68. The first-order chi connectivity index (χ1) is 9.20. The zero-order chi connectivity index (χ0) is 13.2. The first-order valence-corrected chi connectivity index (χ1v) is 6.77. The van der Waals surface area contributed by atoms with E-state index in [1.54, 1.807) is 12.3 Å². The minimum atomic E-state index is 0.595. The molecule has 0 radical (unpaired) electrons. The van der Waals surface area contributed by atoms with E-state index in [2.05, 4.69) is 15.0 Å². The Morgan fingerprint density at radius 3 is 3.00 bits per heavy atom. The van der Waals surface area contributed by atoms with Gasteiger partial charge in [-0.15, -0.1) is 0 Å². The molecule has 2 heterocycles. The van der Waals surface area contributed by atoms with E-state index < -0.39 is 0 Å². The lowest BCUT2D eigenvalue weighted by atomic mass is 10.3. The predicted octanol–water partition coefficient (Wildman–Crippen LogP) is 2.80. The van der Waals surface area contributed by atoms with Crippen LogP contribution in [0.15, 0.2) is 40.0 Å². The molecule has 0 bridgehead atoms. The van der Waals surface area contributed by atoms with Crippen LogP contribution in [-0.4, -0.2) is 15.0 Å². The van der Waals surface area contributed by atoms with Gasteiger partial charge in [0.25, 0.3) is 0 Å². The Hall–Kier alpha value is -2.08. The second-order valence-electron chi connectivity index (χ2n) is 4.10. The minimum Gasteiger partial charge on any atom is -0.440 e. The maximum absolute atomic E-state index is 5.70. The Labute approximate surface area is 114 Å². The van der Waals surface area contributed by atoms with E-state index in [0.717, 1.165) is 16.4 Å². The number of hydrogen-bond donors (Lipinski definition) is 1. The van der Waals surface area contributed by atoms with Crippen molar-refractivity contribution in [2.24, 2.45) is 0 Å². The van der Waals surface area contributed by atoms with Gasteiger partial charge >= 0.3 is 0 Å². The van der Waals surface area contributed by atoms with Crippen LogP contribution in [0.4, 0.5) is 5.69 Å². The van der Waals surface area contributed by atoms with E-state index >= 15 is 0 Å². The van der Waals surface area contributed by atoms with E-state index in [-0.39, 0.29) is 0 Å². The molecule has 0 amide bonds. The highest BCUT2D eigenvalue weighted by Gasteiger charge is 2.07. The number of fused-ring (bicyclic) bond motifs is 1. The summed E-state index contributed by atoms with van der Waals surface area (Å²) < 4.78 is 5.63. The fourth-order valence-corrected chi connectivity index (χ4v) is 2.39. The molecule has 0 saturated carbocycles. The van der Waals surface area contributed by atoms with Gasteiger partial charge in [-0.2, -0.15) is 0 Å². The van der Waals surface area contributed by atoms with Gasteiger partial charge in [-0.05, 0) is 25.1 Å². The maximum Gasteiger partial charge on any atom is 0.205 e. The van der Waals surface area contributed by atoms with Crippen LogP contribution >= 0.6 is 11.8 Å². The molecule has 2 aromatic heterocycles. The second kappa shape index (κ2) is 4.89. The smallest absolute Gasteiger partial charge is 0.205 e. The largest absolute Gasteiger partial charge is 0.440 e. The number of anilines is 1. The summed E-state index contributed by atoms with van der Waals surface area (Å²) in [6, 6.07) is 7.31. The second-order valence-corrected chi connectivity index (χ2v) is 5.05. The number of aryl methyl sites for hydroxylation is 1. The lowest BCUT2D eigenvalue weighted by Crippen LogP contribution is -1.89. The van der Waals surface area contributed by atoms with Crippen LogP contribution in [0.1, 0.15) is 11.6 Å². The number of aromatic nitrogens is 3. The van der Waals surface area contributed by atoms with Gasteiger partial charge in [0.05, 0.1) is 5.75 Å². The molecule has 0 aliphatic heterocycles. The van der Waals surface area contributed by atoms with Gasteiger partial charge in [-0.1, -0.05) is 11.8 Å². The molecule has 0 saturated heterocycles. The summed E-state index contributed by atoms with van der Waals surface area (Å²) in [5.41, 5.74) is 8.84. The van der Waals surface area contributed by atoms with Crippen molar-refractivity contribution in [1.29, 1.82) is 0 Å². The Morgan fingerprint density at radius 1 is 1.26 bits per heavy atom. The zero-order valence-corrected chi connectivity index (χ0v) is 11.1. The summed E-state index contributed by atoms with van der Waals surface area (Å²) in [5, 5.41) is 0.724. The van der Waals surface area contributed by atoms with Gasteiger partial charge in [-0.3, -0.25) is 0 Å². The van der Waals surface area contributed by atoms with Crippen LogP contribution in [0.2, 0.25) is 0 Å². The quantitative estimate of drug-likeness (QED) is 0.449. The maximum atomic E-state index is 5.70. The third-order valence-corrected chi connectivity index (χ3v) is 3.40. The Kier molecular flexibility index (Phi) is 3.08. The van der Waals surface area contributed by atoms with E-state index in [4.69, 9.17) is 10.2 Å². The average molecular weight is 272 g/mol. The molecule has 0 fully saturated rings. The van der Waals surface area contributed by atoms with Gasteiger partial charge in [0, 0.05) is 23.6 Å². The summed E-state index contributed by atoms with van der Waals surface area (Å²) in [5.74, 6) is 1.24. The summed E-state index contributed by atoms with van der Waals surface area (Å²) in [7, 11) is 0. The number of nitrogens with two attached hydrogens (primary N) is 1. The zero-order valence-electron chi connectivity index (χ0n) is 10.3. The topological polar surface area (TPSA) is 77.8 Å². The number of nitrogen functional groups attached to an aromatic ring is 1. The SMILES string of the molecule is Cc1ccnc(SCc2nc3ccc(N)cc3o2)n1. The van der Waals surface area contributed by atoms with Crippen molar-refractivity contribution < 1.29 is 4.42 Å². The van der Waals surface area contributed by atoms with Gasteiger partial charge in [0.1, 0.15) is 5.52 Å². The molecule has 19 heavy (non-hydrogen) atoms. The van der Waals surface area contributed by atoms with E-state index in [1.807, 2.05) is 25.1 Å². The number of oxazole rings is 1. The fraction of sp³-hybridized carbons (Fsp3) is 0.154. The molecule has 2 N–H and O–H groups in total. The van der Waals surface area contributed by atoms with Crippen LogP contribution in [0.5, 0.6) is 0 Å². The molecule has 0 aliphatic rings. The highest BCUT2D eigenvalue weighted by molar-refractivity contribution is 7.98. The minimum absolute atomic E-state index is 0.595. The Bertz CT molecular complexity index is 725. The summed E-state index contributed by atoms with van der Waals surface area (Å²) in [4.78, 5) is 12.9. The molecule has 5 nitrogen and oxygen atoms in total. The number of hydrogen-bond acceptors (Lipinski definition) is 6. The lowest BCUT2D eigenvalue weighted by molar-refractivity contribution is 0.556. The normalized spacial score (nSPS) is 11.0. The fourth-order valence-electron chi connectivity index (χ4n) is 1.67. The summed E-state index contributed by atoms with van der Waals surface area (Å²) >= 11 is 1.50. The molecular formula is C13H12N4OS. The molecule has 0 unspecified atom stereocenters. The molecular weight excluding hydrogens is 260 g/mol. The monoisotopic (exact) mass is 272 g/mol. The highest BCUT2D eigenvalue weighted by Crippen LogP contribution is 2.23. The Balaban J connectivity index is 1.78. The first kappa shape index (κ1) is 12.0. The van der Waals surface area contributed by atoms with Gasteiger partial charge in [-0.25, -0.2) is 15.0 Å². The number of nitrogens with zero attached hydrogens (tertiary/aromatic N) is 3. The molecule has 0 spiro atoms. The molecule has 96 valence electrons. The van der Waals surface area contributed by atoms with Crippen LogP contribution in [0, 0.1) is 6.92 Å². The van der Waals surface area contributed by atoms with E-state index in [9.17, 15) is 0 Å². The van der Waals surface area contributed by atoms with E-state index in [1.165, 1.54) is 11.8 Å². The van der Waals surface area contributed by atoms with Crippen LogP contribution in [0.25, 0.3) is 11.1 Å². The standard InChI is InChI=1S/C13H12N4OS/c1-8-4-5-15-13(16-8)19-7-12-17-10-3-2-9(14)6-11(10)18-12/h2-6H,7,14H2,1H3. The van der Waals surface area contributed by atoms with Crippen molar-refractivity contribution in [3.63, 3.8) is 0 Å². The summed E-state index contributed by atoms with van der Waals surface area (Å²) in [6.45, 7) is 1.94. The molecule has 0 atom stereocenters. The van der Waals surface area contributed by atoms with Crippen molar-refractivity contribution in [3.8, 4) is 0 Å². The molecule has 6 heteroatoms. The van der Waals surface area contributed by atoms with Crippen molar-refractivity contribution in [2.75, 3.05) is 5.73 Å². The molecule has 0 aliphatic carbocycles. The van der Waals surface area contributed by atoms with E-state index in [0.29, 0.717) is 22.9 Å². The van der Waals surface area contributed by atoms with Crippen molar-refractivity contribution in [2.45, 2.75) is 17.8 Å². The van der Waals surface area contributed by atoms with Crippen LogP contribution in [-0.2, 0) is 5.75 Å². The molecule has 3 aromatic rings. The molecule has 3 rings (SSSR count). The highest BCUT2D eigenvalue weighted by atomic mass is 32.2. The van der Waals surface area contributed by atoms with Crippen molar-refractivity contribution in [3.05, 3.63) is 42.0 Å².